The molecule has 3 N–H and O–H groups in total. The van der Waals surface area contributed by atoms with Gasteiger partial charge in [0.1, 0.15) is 11.8 Å². The van der Waals surface area contributed by atoms with Crippen molar-refractivity contribution in [2.45, 2.75) is 25.3 Å². The van der Waals surface area contributed by atoms with E-state index in [1.54, 1.807) is 6.33 Å². The van der Waals surface area contributed by atoms with Gasteiger partial charge in [-0.2, -0.15) is 0 Å². The molecule has 1 saturated carbocycles. The number of anilines is 1. The monoisotopic (exact) mass is 233 g/mol. The minimum Gasteiger partial charge on any atom is -0.396 e. The fraction of sp³-hybridized carbons (Fsp3) is 0.545. The first-order valence-corrected chi connectivity index (χ1v) is 5.85. The van der Waals surface area contributed by atoms with Gasteiger partial charge in [0.05, 0.1) is 6.33 Å². The van der Waals surface area contributed by atoms with Crippen molar-refractivity contribution in [3.63, 3.8) is 0 Å². The van der Waals surface area contributed by atoms with Crippen LogP contribution in [0.1, 0.15) is 25.3 Å². The molecule has 0 saturated heterocycles. The van der Waals surface area contributed by atoms with Gasteiger partial charge in [0, 0.05) is 18.6 Å². The summed E-state index contributed by atoms with van der Waals surface area (Å²) in [5, 5.41) is 9.37. The van der Waals surface area contributed by atoms with Gasteiger partial charge in [0.15, 0.2) is 11.5 Å². The molecule has 0 aliphatic heterocycles. The lowest BCUT2D eigenvalue weighted by molar-refractivity contribution is 0.197. The molecule has 6 heteroatoms. The second kappa shape index (κ2) is 3.96. The minimum atomic E-state index is 0.213. The van der Waals surface area contributed by atoms with Crippen LogP contribution >= 0.6 is 0 Å². The lowest BCUT2D eigenvalue weighted by Crippen LogP contribution is -2.16. The molecular weight excluding hydrogens is 218 g/mol. The number of nitrogens with zero attached hydrogens (tertiary/aromatic N) is 4. The molecule has 6 nitrogen and oxygen atoms in total. The molecule has 1 fully saturated rings. The third-order valence-electron chi connectivity index (χ3n) is 3.60. The van der Waals surface area contributed by atoms with Gasteiger partial charge >= 0.3 is 0 Å². The van der Waals surface area contributed by atoms with Crippen molar-refractivity contribution in [3.05, 3.63) is 12.7 Å². The molecule has 0 bridgehead atoms. The summed E-state index contributed by atoms with van der Waals surface area (Å²) in [6, 6.07) is 0.277. The number of aliphatic hydroxyl groups excluding tert-OH is 1. The van der Waals surface area contributed by atoms with Crippen LogP contribution in [0.4, 0.5) is 5.82 Å². The first kappa shape index (κ1) is 10.5. The highest BCUT2D eigenvalue weighted by atomic mass is 16.3. The molecule has 2 aromatic rings. The van der Waals surface area contributed by atoms with Crippen molar-refractivity contribution < 1.29 is 5.11 Å². The Morgan fingerprint density at radius 1 is 1.35 bits per heavy atom. The van der Waals surface area contributed by atoms with Crippen molar-refractivity contribution >= 4 is 17.0 Å². The maximum absolute atomic E-state index is 9.37. The fourth-order valence-corrected chi connectivity index (χ4v) is 2.71. The van der Waals surface area contributed by atoms with E-state index in [4.69, 9.17) is 5.73 Å². The van der Waals surface area contributed by atoms with Crippen LogP contribution in [0.25, 0.3) is 11.2 Å². The summed E-state index contributed by atoms with van der Waals surface area (Å²) in [5.74, 6) is 0.705. The van der Waals surface area contributed by atoms with E-state index in [1.807, 2.05) is 4.57 Å². The summed E-state index contributed by atoms with van der Waals surface area (Å²) in [4.78, 5) is 12.4. The summed E-state index contributed by atoms with van der Waals surface area (Å²) >= 11 is 0. The smallest absolute Gasteiger partial charge is 0.165 e. The van der Waals surface area contributed by atoms with E-state index in [9.17, 15) is 5.11 Å². The molecule has 0 spiro atoms. The molecule has 1 aliphatic rings. The zero-order chi connectivity index (χ0) is 11.8. The molecule has 3 rings (SSSR count). The van der Waals surface area contributed by atoms with E-state index in [0.717, 1.165) is 24.9 Å². The Labute approximate surface area is 98.5 Å². The zero-order valence-corrected chi connectivity index (χ0v) is 9.45. The molecule has 0 aromatic carbocycles. The molecule has 0 amide bonds. The van der Waals surface area contributed by atoms with Crippen LogP contribution in [-0.2, 0) is 0 Å². The van der Waals surface area contributed by atoms with Crippen LogP contribution < -0.4 is 5.73 Å². The van der Waals surface area contributed by atoms with Gasteiger partial charge in [-0.25, -0.2) is 15.0 Å². The van der Waals surface area contributed by atoms with Crippen LogP contribution in [-0.4, -0.2) is 31.2 Å². The first-order valence-electron chi connectivity index (χ1n) is 5.85. The molecular formula is C11H15N5O. The van der Waals surface area contributed by atoms with Crippen LogP contribution in [0.5, 0.6) is 0 Å². The molecule has 0 radical (unpaired) electrons. The molecule has 1 aliphatic carbocycles. The van der Waals surface area contributed by atoms with E-state index >= 15 is 0 Å². The second-order valence-electron chi connectivity index (χ2n) is 4.52. The molecule has 2 heterocycles. The summed E-state index contributed by atoms with van der Waals surface area (Å²) in [6.45, 7) is 0.213. The summed E-state index contributed by atoms with van der Waals surface area (Å²) in [7, 11) is 0. The number of aliphatic hydroxyl groups is 1. The number of aromatic nitrogens is 4. The van der Waals surface area contributed by atoms with Gasteiger partial charge in [-0.1, -0.05) is 6.42 Å². The Kier molecular flexibility index (Phi) is 2.44. The van der Waals surface area contributed by atoms with Crippen molar-refractivity contribution in [2.24, 2.45) is 5.92 Å². The minimum absolute atomic E-state index is 0.213. The second-order valence-corrected chi connectivity index (χ2v) is 4.52. The quantitative estimate of drug-likeness (QED) is 0.798. The third-order valence-corrected chi connectivity index (χ3v) is 3.60. The Bertz CT molecular complexity index is 538. The highest BCUT2D eigenvalue weighted by molar-refractivity contribution is 5.81. The predicted molar refractivity (Wildman–Crippen MR) is 63.2 cm³/mol. The third kappa shape index (κ3) is 1.56. The Balaban J connectivity index is 2.09. The Morgan fingerprint density at radius 2 is 2.24 bits per heavy atom. The maximum atomic E-state index is 9.37. The molecule has 2 atom stereocenters. The van der Waals surface area contributed by atoms with Crippen LogP contribution in [0.2, 0.25) is 0 Å². The summed E-state index contributed by atoms with van der Waals surface area (Å²) < 4.78 is 2.03. The van der Waals surface area contributed by atoms with Gasteiger partial charge < -0.3 is 15.4 Å². The average Bonchev–Trinajstić information content (AvgIpc) is 2.94. The topological polar surface area (TPSA) is 89.9 Å². The normalized spacial score (nSPS) is 24.5. The van der Waals surface area contributed by atoms with Gasteiger partial charge in [-0.05, 0) is 12.8 Å². The van der Waals surface area contributed by atoms with E-state index in [1.165, 1.54) is 6.33 Å². The predicted octanol–water partition coefficient (Wildman–Crippen LogP) is 0.742. The van der Waals surface area contributed by atoms with Gasteiger partial charge in [0.25, 0.3) is 0 Å². The molecule has 0 unspecified atom stereocenters. The van der Waals surface area contributed by atoms with Gasteiger partial charge in [-0.15, -0.1) is 0 Å². The summed E-state index contributed by atoms with van der Waals surface area (Å²) in [6.07, 6.45) is 6.46. The number of imidazole rings is 1. The van der Waals surface area contributed by atoms with Crippen molar-refractivity contribution in [1.82, 2.24) is 19.5 Å². The Morgan fingerprint density at radius 3 is 3.06 bits per heavy atom. The fourth-order valence-electron chi connectivity index (χ4n) is 2.71. The number of hydrogen-bond donors (Lipinski definition) is 2. The van der Waals surface area contributed by atoms with Crippen molar-refractivity contribution in [2.75, 3.05) is 12.3 Å². The number of hydrogen-bond acceptors (Lipinski definition) is 5. The highest BCUT2D eigenvalue weighted by Crippen LogP contribution is 2.36. The highest BCUT2D eigenvalue weighted by Gasteiger charge is 2.29. The number of nitrogen functional groups attached to an aromatic ring is 1. The lowest BCUT2D eigenvalue weighted by Gasteiger charge is -2.19. The van der Waals surface area contributed by atoms with Gasteiger partial charge in [0.2, 0.25) is 0 Å². The average molecular weight is 233 g/mol. The van der Waals surface area contributed by atoms with Crippen molar-refractivity contribution in [3.8, 4) is 0 Å². The maximum Gasteiger partial charge on any atom is 0.165 e. The standard InChI is InChI=1S/C11H15N5O/c12-10-9-11(14-5-13-10)16(6-15-9)8-3-1-2-7(8)4-17/h5-8,17H,1-4H2,(H2,12,13,14)/t7-,8-/m0/s1. The Hall–Kier alpha value is -1.69. The summed E-state index contributed by atoms with van der Waals surface area (Å²) in [5.41, 5.74) is 7.17. The zero-order valence-electron chi connectivity index (χ0n) is 9.45. The first-order chi connectivity index (χ1) is 8.31. The van der Waals surface area contributed by atoms with Crippen LogP contribution in [0, 0.1) is 5.92 Å². The van der Waals surface area contributed by atoms with Crippen LogP contribution in [0.15, 0.2) is 12.7 Å². The molecule has 17 heavy (non-hydrogen) atoms. The molecule has 90 valence electrons. The largest absolute Gasteiger partial charge is 0.396 e. The number of rotatable bonds is 2. The van der Waals surface area contributed by atoms with E-state index in [-0.39, 0.29) is 12.6 Å². The van der Waals surface area contributed by atoms with E-state index in [2.05, 4.69) is 15.0 Å². The lowest BCUT2D eigenvalue weighted by atomic mass is 10.1. The SMILES string of the molecule is Nc1ncnc2c1ncn2[C@H]1CCC[C@H]1CO. The van der Waals surface area contributed by atoms with Crippen molar-refractivity contribution in [1.29, 1.82) is 0 Å². The number of fused-ring (bicyclic) bond motifs is 1. The van der Waals surface area contributed by atoms with E-state index in [0.29, 0.717) is 17.3 Å². The van der Waals surface area contributed by atoms with Gasteiger partial charge in [-0.3, -0.25) is 0 Å². The number of nitrogens with two attached hydrogens (primary N) is 1. The van der Waals surface area contributed by atoms with E-state index < -0.39 is 0 Å². The molecule has 2 aromatic heterocycles. The van der Waals surface area contributed by atoms with Crippen LogP contribution in [0.3, 0.4) is 0 Å².